The number of halogens is 1. The lowest BCUT2D eigenvalue weighted by Gasteiger charge is -2.08. The first-order valence-electron chi connectivity index (χ1n) is 8.31. The van der Waals surface area contributed by atoms with Crippen LogP contribution in [0.25, 0.3) is 10.8 Å². The molecule has 0 radical (unpaired) electrons. The van der Waals surface area contributed by atoms with E-state index < -0.39 is 0 Å². The van der Waals surface area contributed by atoms with Crippen LogP contribution in [-0.2, 0) is 16.0 Å². The Bertz CT molecular complexity index is 1050. The molecule has 0 fully saturated rings. The number of hydrogen-bond donors (Lipinski definition) is 3. The van der Waals surface area contributed by atoms with Crippen LogP contribution >= 0.6 is 11.6 Å². The van der Waals surface area contributed by atoms with Crippen LogP contribution in [0.1, 0.15) is 12.1 Å². The van der Waals surface area contributed by atoms with Crippen molar-refractivity contribution in [1.29, 1.82) is 0 Å². The van der Waals surface area contributed by atoms with Crippen LogP contribution in [0.3, 0.4) is 0 Å². The summed E-state index contributed by atoms with van der Waals surface area (Å²) in [6.07, 6.45) is 0.130. The summed E-state index contributed by atoms with van der Waals surface area (Å²) in [5, 5.41) is 13.4. The topological polar surface area (TPSA) is 104 Å². The summed E-state index contributed by atoms with van der Waals surface area (Å²) in [6, 6.07) is 13.8. The van der Waals surface area contributed by atoms with Crippen LogP contribution < -0.4 is 16.2 Å². The first-order chi connectivity index (χ1) is 13.0. The Labute approximate surface area is 159 Å². The number of H-pyrrole nitrogens is 1. The fraction of sp³-hybridized carbons (Fsp3) is 0.158. The third-order valence-electron chi connectivity index (χ3n) is 3.89. The largest absolute Gasteiger partial charge is 0.355 e. The molecule has 2 amide bonds. The van der Waals surface area contributed by atoms with Crippen LogP contribution in [0.15, 0.2) is 53.3 Å². The quantitative estimate of drug-likeness (QED) is 0.606. The molecule has 0 saturated carbocycles. The zero-order valence-corrected chi connectivity index (χ0v) is 15.0. The number of nitrogens with one attached hydrogen (secondary N) is 3. The summed E-state index contributed by atoms with van der Waals surface area (Å²) >= 11 is 5.87. The average molecular weight is 385 g/mol. The second-order valence-corrected chi connectivity index (χ2v) is 6.32. The highest BCUT2D eigenvalue weighted by Gasteiger charge is 2.11. The van der Waals surface area contributed by atoms with Gasteiger partial charge in [0.1, 0.15) is 0 Å². The molecule has 0 aliphatic heterocycles. The highest BCUT2D eigenvalue weighted by molar-refractivity contribution is 6.30. The molecule has 2 aromatic carbocycles. The van der Waals surface area contributed by atoms with E-state index in [2.05, 4.69) is 20.8 Å². The molecule has 0 atom stereocenters. The van der Waals surface area contributed by atoms with Crippen LogP contribution in [0.5, 0.6) is 0 Å². The number of anilines is 1. The van der Waals surface area contributed by atoms with Gasteiger partial charge in [-0.05, 0) is 24.3 Å². The van der Waals surface area contributed by atoms with Gasteiger partial charge in [0, 0.05) is 29.1 Å². The molecule has 3 aromatic rings. The average Bonchev–Trinajstić information content (AvgIpc) is 2.64. The molecule has 0 unspecified atom stereocenters. The van der Waals surface area contributed by atoms with Crippen LogP contribution in [-0.4, -0.2) is 28.6 Å². The van der Waals surface area contributed by atoms with Crippen molar-refractivity contribution in [2.45, 2.75) is 12.8 Å². The summed E-state index contributed by atoms with van der Waals surface area (Å²) in [4.78, 5) is 35.8. The fourth-order valence-corrected chi connectivity index (χ4v) is 2.82. The van der Waals surface area contributed by atoms with Crippen LogP contribution in [0.2, 0.25) is 5.02 Å². The molecule has 0 spiro atoms. The summed E-state index contributed by atoms with van der Waals surface area (Å²) < 4.78 is 0. The molecule has 3 N–H and O–H groups in total. The molecular formula is C19H17ClN4O3. The molecule has 0 saturated heterocycles. The fourth-order valence-electron chi connectivity index (χ4n) is 2.63. The second kappa shape index (κ2) is 8.46. The van der Waals surface area contributed by atoms with Crippen molar-refractivity contribution in [1.82, 2.24) is 15.5 Å². The molecule has 0 aliphatic rings. The number of rotatable bonds is 6. The minimum absolute atomic E-state index is 0.00715. The standard InChI is InChI=1S/C19H17ClN4O3/c20-12-4-3-5-13(10-12)22-17(25)8-9-21-18(26)11-16-14-6-1-2-7-15(14)19(27)24-23-16/h1-7,10H,8-9,11H2,(H,21,26)(H,22,25)(H,24,27). The maximum atomic E-state index is 12.1. The molecule has 1 aromatic heterocycles. The van der Waals surface area contributed by atoms with Gasteiger partial charge >= 0.3 is 0 Å². The van der Waals surface area contributed by atoms with Gasteiger partial charge in [-0.25, -0.2) is 5.10 Å². The van der Waals surface area contributed by atoms with Crippen LogP contribution in [0, 0.1) is 0 Å². The number of benzene rings is 2. The number of nitrogens with zero attached hydrogens (tertiary/aromatic N) is 1. The lowest BCUT2D eigenvalue weighted by Crippen LogP contribution is -2.29. The summed E-state index contributed by atoms with van der Waals surface area (Å²) in [7, 11) is 0. The van der Waals surface area contributed by atoms with Crippen molar-refractivity contribution in [2.75, 3.05) is 11.9 Å². The molecule has 0 bridgehead atoms. The molecule has 0 aliphatic carbocycles. The zero-order chi connectivity index (χ0) is 19.2. The molecule has 138 valence electrons. The first kappa shape index (κ1) is 18.6. The van der Waals surface area contributed by atoms with E-state index in [1.54, 1.807) is 48.5 Å². The number of carbonyl (C=O) groups is 2. The van der Waals surface area contributed by atoms with Crippen molar-refractivity contribution in [3.05, 3.63) is 69.6 Å². The van der Waals surface area contributed by atoms with Gasteiger partial charge in [-0.15, -0.1) is 0 Å². The molecule has 27 heavy (non-hydrogen) atoms. The Hall–Kier alpha value is -3.19. The van der Waals surface area contributed by atoms with E-state index in [0.717, 1.165) is 0 Å². The maximum absolute atomic E-state index is 12.1. The second-order valence-electron chi connectivity index (χ2n) is 5.88. The highest BCUT2D eigenvalue weighted by Crippen LogP contribution is 2.15. The number of aromatic amines is 1. The van der Waals surface area contributed by atoms with Crippen molar-refractivity contribution >= 4 is 39.9 Å². The van der Waals surface area contributed by atoms with Gasteiger partial charge < -0.3 is 10.6 Å². The van der Waals surface area contributed by atoms with Gasteiger partial charge in [-0.2, -0.15) is 5.10 Å². The molecule has 3 rings (SSSR count). The smallest absolute Gasteiger partial charge is 0.272 e. The molecular weight excluding hydrogens is 368 g/mol. The zero-order valence-electron chi connectivity index (χ0n) is 14.3. The van der Waals surface area contributed by atoms with E-state index in [-0.39, 0.29) is 36.8 Å². The number of aromatic nitrogens is 2. The van der Waals surface area contributed by atoms with Crippen molar-refractivity contribution in [3.63, 3.8) is 0 Å². The predicted molar refractivity (Wildman–Crippen MR) is 104 cm³/mol. The number of amides is 2. The summed E-state index contributed by atoms with van der Waals surface area (Å²) in [5.74, 6) is -0.513. The Kier molecular flexibility index (Phi) is 5.83. The molecule has 1 heterocycles. The number of fused-ring (bicyclic) bond motifs is 1. The van der Waals surface area contributed by atoms with E-state index in [1.165, 1.54) is 0 Å². The maximum Gasteiger partial charge on any atom is 0.272 e. The Morgan fingerprint density at radius 2 is 1.81 bits per heavy atom. The normalized spacial score (nSPS) is 10.6. The third-order valence-corrected chi connectivity index (χ3v) is 4.12. The molecule has 7 nitrogen and oxygen atoms in total. The van der Waals surface area contributed by atoms with Crippen molar-refractivity contribution in [2.24, 2.45) is 0 Å². The third kappa shape index (κ3) is 4.92. The minimum Gasteiger partial charge on any atom is -0.355 e. The Balaban J connectivity index is 1.52. The SMILES string of the molecule is O=C(Cc1n[nH]c(=O)c2ccccc12)NCCC(=O)Nc1cccc(Cl)c1. The minimum atomic E-state index is -0.299. The van der Waals surface area contributed by atoms with Gasteiger partial charge in [-0.3, -0.25) is 14.4 Å². The highest BCUT2D eigenvalue weighted by atomic mass is 35.5. The number of carbonyl (C=O) groups excluding carboxylic acids is 2. The van der Waals surface area contributed by atoms with Gasteiger partial charge in [-0.1, -0.05) is 35.9 Å². The van der Waals surface area contributed by atoms with Crippen molar-refractivity contribution < 1.29 is 9.59 Å². The monoisotopic (exact) mass is 384 g/mol. The summed E-state index contributed by atoms with van der Waals surface area (Å²) in [5.41, 5.74) is 0.779. The van der Waals surface area contributed by atoms with E-state index >= 15 is 0 Å². The lowest BCUT2D eigenvalue weighted by atomic mass is 10.1. The van der Waals surface area contributed by atoms with Crippen molar-refractivity contribution in [3.8, 4) is 0 Å². The summed E-state index contributed by atoms with van der Waals surface area (Å²) in [6.45, 7) is 0.187. The Morgan fingerprint density at radius 1 is 1.04 bits per heavy atom. The van der Waals surface area contributed by atoms with E-state index in [4.69, 9.17) is 11.6 Å². The van der Waals surface area contributed by atoms with Gasteiger partial charge in [0.25, 0.3) is 5.56 Å². The first-order valence-corrected chi connectivity index (χ1v) is 8.69. The Morgan fingerprint density at radius 3 is 2.59 bits per heavy atom. The van der Waals surface area contributed by atoms with Crippen LogP contribution in [0.4, 0.5) is 5.69 Å². The van der Waals surface area contributed by atoms with E-state index in [0.29, 0.717) is 27.2 Å². The lowest BCUT2D eigenvalue weighted by molar-refractivity contribution is -0.120. The van der Waals surface area contributed by atoms with Gasteiger partial charge in [0.05, 0.1) is 17.5 Å². The van der Waals surface area contributed by atoms with E-state index in [1.807, 2.05) is 0 Å². The predicted octanol–water partition coefficient (Wildman–Crippen LogP) is 2.26. The number of hydrogen-bond acceptors (Lipinski definition) is 4. The van der Waals surface area contributed by atoms with Gasteiger partial charge in [0.15, 0.2) is 0 Å². The van der Waals surface area contributed by atoms with E-state index in [9.17, 15) is 14.4 Å². The van der Waals surface area contributed by atoms with Gasteiger partial charge in [0.2, 0.25) is 11.8 Å². The molecule has 8 heteroatoms.